The molecule has 29 nitrogen and oxygen atoms in total. The van der Waals surface area contributed by atoms with Crippen molar-refractivity contribution in [1.82, 2.24) is 38.6 Å². The molecule has 7 rings (SSSR count). The van der Waals surface area contributed by atoms with Gasteiger partial charge in [-0.2, -0.15) is 4.98 Å². The highest BCUT2D eigenvalue weighted by atomic mass is 31.2. The van der Waals surface area contributed by atoms with Crippen LogP contribution in [0.25, 0.3) is 11.2 Å². The van der Waals surface area contributed by atoms with E-state index in [1.165, 1.54) is 30.8 Å². The summed E-state index contributed by atoms with van der Waals surface area (Å²) in [7, 11) is -13.5. The van der Waals surface area contributed by atoms with Crippen LogP contribution < -0.4 is 33.8 Å². The fourth-order valence-electron chi connectivity index (χ4n) is 6.93. The quantitative estimate of drug-likeness (QED) is 0.0581. The molecule has 9 N–H and O–H groups in total. The topological polar surface area (TPSA) is 405 Å². The lowest BCUT2D eigenvalue weighted by Crippen LogP contribution is -2.33. The Hall–Kier alpha value is -4.41. The number of phosphoric ester groups is 2. The largest absolute Gasteiger partial charge is 0.694 e. The van der Waals surface area contributed by atoms with E-state index < -0.39 is 127 Å². The molecule has 0 radical (unpaired) electrons. The molecule has 0 aliphatic carbocycles. The second-order valence-corrected chi connectivity index (χ2v) is 17.8. The van der Waals surface area contributed by atoms with Crippen molar-refractivity contribution in [2.24, 2.45) is 0 Å². The minimum atomic E-state index is -5.21. The molecule has 3 saturated heterocycles. The first kappa shape index (κ1) is 45.6. The predicted molar refractivity (Wildman–Crippen MR) is 203 cm³/mol. The number of phosphoric acid groups is 2. The van der Waals surface area contributed by atoms with Crippen molar-refractivity contribution in [2.75, 3.05) is 25.6 Å². The molecule has 0 spiro atoms. The van der Waals surface area contributed by atoms with Crippen LogP contribution in [-0.2, 0) is 50.5 Å². The van der Waals surface area contributed by atoms with E-state index in [-0.39, 0.29) is 47.5 Å². The van der Waals surface area contributed by atoms with E-state index in [1.807, 2.05) is 0 Å². The predicted octanol–water partition coefficient (Wildman–Crippen LogP) is -1.69. The molecule has 7 heterocycles. The number of imidazole rings is 1. The van der Waals surface area contributed by atoms with Crippen LogP contribution in [0, 0.1) is 13.8 Å². The van der Waals surface area contributed by atoms with Gasteiger partial charge in [-0.15, -0.1) is 9.42 Å². The van der Waals surface area contributed by atoms with Crippen LogP contribution in [0.15, 0.2) is 42.7 Å². The lowest BCUT2D eigenvalue weighted by atomic mass is 10.2. The number of aliphatic hydroxyl groups is 1. The van der Waals surface area contributed by atoms with Gasteiger partial charge >= 0.3 is 35.3 Å². The fourth-order valence-corrected chi connectivity index (χ4v) is 9.12. The molecule has 3 unspecified atom stereocenters. The molecule has 32 heteroatoms. The number of hydrogen-bond donors (Lipinski definition) is 8. The standard InChI is InChI=1S/C30H38N9O20P3/c1-12-6-37(29(44)35-25(12)41)20-3-14(40)17(55-20)9-53-61(48,49)59-16-5-22(39-11-32-23-24(39)33-28(31)34-27(23)43)57-19(16)10-54-62(50,51)58-15-4-21(56-18(15)8-52-60(46)47)38-7-13(2)26(42)36-30(38)45/h6-7,11,14-22,40H,3-5,8-10H2,1-2H3,(H7-,31,33,34,35,36,41,42,43,44,45,46,47,48,49,50,51)/p+1/t14-,15-,16-,17+,18+,19+,20+,21+,22+/m0/s1. The highest BCUT2D eigenvalue weighted by molar-refractivity contribution is 7.47. The van der Waals surface area contributed by atoms with Crippen LogP contribution in [0.2, 0.25) is 0 Å². The van der Waals surface area contributed by atoms with E-state index in [0.29, 0.717) is 0 Å². The number of nitrogens with zero attached hydrogens (tertiary/aromatic N) is 5. The number of anilines is 1. The smallest absolute Gasteiger partial charge is 0.390 e. The molecular weight excluding hydrogens is 899 g/mol. The zero-order chi connectivity index (χ0) is 44.8. The first-order valence-electron chi connectivity index (χ1n) is 18.3. The summed E-state index contributed by atoms with van der Waals surface area (Å²) in [6, 6.07) is 0. The number of H-pyrrole nitrogens is 3. The molecule has 0 aromatic carbocycles. The van der Waals surface area contributed by atoms with Crippen LogP contribution in [0.5, 0.6) is 0 Å². The van der Waals surface area contributed by atoms with Crippen molar-refractivity contribution < 1.29 is 70.3 Å². The minimum Gasteiger partial charge on any atom is -0.390 e. The highest BCUT2D eigenvalue weighted by Gasteiger charge is 2.47. The molecule has 4 aromatic heterocycles. The van der Waals surface area contributed by atoms with Gasteiger partial charge in [0.05, 0.1) is 25.6 Å². The number of nitrogen functional groups attached to an aromatic ring is 1. The van der Waals surface area contributed by atoms with E-state index in [2.05, 4.69) is 24.9 Å². The SMILES string of the molecule is Cc1cn([C@H]2C[C@H](OP(=O)(O)OC[C@H]3O[C@@H](n4cnc5c(=O)[nH]c(N)nc54)C[C@@H]3OP(=O)(O)OC[C@H]3O[C@@H](n4cc(C)c(=O)[nH]c4=O)C[C@@H]3O)[C@@H](CO[P+](=O)O)O2)c(=O)[nH]c1=O. The number of rotatable bonds is 16. The van der Waals surface area contributed by atoms with Gasteiger partial charge in [0.25, 0.3) is 16.7 Å². The summed E-state index contributed by atoms with van der Waals surface area (Å²) in [5.41, 5.74) is 2.09. The molecule has 0 bridgehead atoms. The van der Waals surface area contributed by atoms with Crippen molar-refractivity contribution in [3.63, 3.8) is 0 Å². The average molecular weight is 939 g/mol. The molecule has 0 saturated carbocycles. The highest BCUT2D eigenvalue weighted by Crippen LogP contribution is 2.52. The molecule has 3 aliphatic heterocycles. The second-order valence-electron chi connectivity index (χ2n) is 14.2. The van der Waals surface area contributed by atoms with Crippen molar-refractivity contribution >= 4 is 41.0 Å². The number of aromatic amines is 3. The van der Waals surface area contributed by atoms with Crippen LogP contribution in [0.1, 0.15) is 49.1 Å². The summed E-state index contributed by atoms with van der Waals surface area (Å²) in [5, 5.41) is 10.6. The Morgan fingerprint density at radius 1 is 0.774 bits per heavy atom. The molecule has 338 valence electrons. The zero-order valence-corrected chi connectivity index (χ0v) is 34.8. The maximum atomic E-state index is 13.4. The third-order valence-corrected chi connectivity index (χ3v) is 12.3. The van der Waals surface area contributed by atoms with Crippen LogP contribution in [0.4, 0.5) is 5.95 Å². The molecular formula is C30H39N9O20P3+. The third-order valence-electron chi connectivity index (χ3n) is 9.93. The van der Waals surface area contributed by atoms with Gasteiger partial charge in [0.2, 0.25) is 5.95 Å². The first-order chi connectivity index (χ1) is 29.2. The van der Waals surface area contributed by atoms with Gasteiger partial charge < -0.3 is 34.8 Å². The van der Waals surface area contributed by atoms with Crippen molar-refractivity contribution in [2.45, 2.75) is 88.4 Å². The van der Waals surface area contributed by atoms with Gasteiger partial charge in [-0.3, -0.25) is 61.1 Å². The number of nitrogens with two attached hydrogens (primary N) is 1. The fraction of sp³-hybridized carbons (Fsp3) is 0.567. The minimum absolute atomic E-state index is 0.0691. The summed E-state index contributed by atoms with van der Waals surface area (Å²) in [6.07, 6.45) is -9.13. The van der Waals surface area contributed by atoms with Crippen LogP contribution in [0.3, 0.4) is 0 Å². The Morgan fingerprint density at radius 3 is 1.81 bits per heavy atom. The number of nitrogens with one attached hydrogen (secondary N) is 3. The van der Waals surface area contributed by atoms with Crippen molar-refractivity contribution in [1.29, 1.82) is 0 Å². The summed E-state index contributed by atoms with van der Waals surface area (Å²) in [4.78, 5) is 107. The second kappa shape index (κ2) is 18.0. The van der Waals surface area contributed by atoms with E-state index in [1.54, 1.807) is 0 Å². The van der Waals surface area contributed by atoms with Crippen molar-refractivity contribution in [3.05, 3.63) is 81.9 Å². The molecule has 3 aliphatic rings. The lowest BCUT2D eigenvalue weighted by molar-refractivity contribution is -0.0601. The Balaban J connectivity index is 1.06. The first-order valence-corrected chi connectivity index (χ1v) is 22.4. The number of fused-ring (bicyclic) bond motifs is 1. The number of aryl methyl sites for hydroxylation is 2. The van der Waals surface area contributed by atoms with Gasteiger partial charge in [-0.1, -0.05) is 0 Å². The van der Waals surface area contributed by atoms with E-state index in [4.69, 9.17) is 42.6 Å². The number of aromatic nitrogens is 8. The molecule has 3 fully saturated rings. The average Bonchev–Trinajstić information content (AvgIpc) is 3.97. The summed E-state index contributed by atoms with van der Waals surface area (Å²) in [6.45, 7) is 0.558. The summed E-state index contributed by atoms with van der Waals surface area (Å²) < 4.78 is 84.9. The van der Waals surface area contributed by atoms with Crippen LogP contribution in [-0.4, -0.2) is 115 Å². The van der Waals surface area contributed by atoms with E-state index in [0.717, 1.165) is 15.5 Å². The zero-order valence-electron chi connectivity index (χ0n) is 32.1. The Bertz CT molecular complexity index is 2750. The van der Waals surface area contributed by atoms with Crippen molar-refractivity contribution in [3.8, 4) is 0 Å². The van der Waals surface area contributed by atoms with Gasteiger partial charge in [-0.05, 0) is 13.8 Å². The number of ether oxygens (including phenoxy) is 3. The molecule has 12 atom stereocenters. The van der Waals surface area contributed by atoms with Gasteiger partial charge in [-0.25, -0.2) is 23.7 Å². The Kier molecular flexibility index (Phi) is 13.2. The molecule has 62 heavy (non-hydrogen) atoms. The monoisotopic (exact) mass is 938 g/mol. The van der Waals surface area contributed by atoms with E-state index in [9.17, 15) is 57.5 Å². The maximum absolute atomic E-state index is 13.4. The molecule has 4 aromatic rings. The number of aliphatic hydroxyl groups excluding tert-OH is 1. The van der Waals surface area contributed by atoms with Gasteiger partial charge in [0.1, 0.15) is 55.8 Å². The number of hydrogen-bond acceptors (Lipinski definition) is 20. The molecule has 0 amide bonds. The van der Waals surface area contributed by atoms with Gasteiger partial charge in [0.15, 0.2) is 11.2 Å². The van der Waals surface area contributed by atoms with Crippen LogP contribution >= 0.6 is 23.9 Å². The Labute approximate surface area is 345 Å². The third kappa shape index (κ3) is 10.2. The summed E-state index contributed by atoms with van der Waals surface area (Å²) in [5.74, 6) is -0.283. The normalized spacial score (nSPS) is 28.6. The summed E-state index contributed by atoms with van der Waals surface area (Å²) >= 11 is 0. The van der Waals surface area contributed by atoms with Gasteiger partial charge in [0, 0.05) is 47.3 Å². The van der Waals surface area contributed by atoms with E-state index >= 15 is 0 Å². The Morgan fingerprint density at radius 2 is 1.26 bits per heavy atom. The maximum Gasteiger partial charge on any atom is 0.694 e. The lowest BCUT2D eigenvalue weighted by Gasteiger charge is -2.24.